The third-order valence-electron chi connectivity index (χ3n) is 4.76. The first kappa shape index (κ1) is 21.4. The molecule has 2 N–H and O–H groups in total. The van der Waals surface area contributed by atoms with E-state index in [9.17, 15) is 9.18 Å². The first-order valence-electron chi connectivity index (χ1n) is 9.44. The lowest BCUT2D eigenvalue weighted by Crippen LogP contribution is -2.26. The molecule has 0 aliphatic carbocycles. The van der Waals surface area contributed by atoms with Gasteiger partial charge in [-0.05, 0) is 31.5 Å². The minimum absolute atomic E-state index is 0.0766. The molecule has 1 atom stereocenters. The Morgan fingerprint density at radius 2 is 2.10 bits per heavy atom. The molecule has 1 aromatic carbocycles. The van der Waals surface area contributed by atoms with Crippen LogP contribution in [-0.2, 0) is 6.54 Å². The summed E-state index contributed by atoms with van der Waals surface area (Å²) in [4.78, 5) is 25.2. The van der Waals surface area contributed by atoms with Crippen molar-refractivity contribution < 1.29 is 14.3 Å². The van der Waals surface area contributed by atoms with Crippen molar-refractivity contribution in [3.63, 3.8) is 0 Å². The highest BCUT2D eigenvalue weighted by molar-refractivity contribution is 6.36. The van der Waals surface area contributed by atoms with Crippen molar-refractivity contribution in [2.24, 2.45) is 0 Å². The molecular formula is C20H18Cl2FN5O3. The number of aryl methyl sites for hydroxylation is 1. The Labute approximate surface area is 185 Å². The molecule has 8 nitrogen and oxygen atoms in total. The van der Waals surface area contributed by atoms with E-state index >= 15 is 0 Å². The molecule has 3 aromatic heterocycles. The number of hydrogen-bond donors (Lipinski definition) is 2. The lowest BCUT2D eigenvalue weighted by Gasteiger charge is -2.17. The lowest BCUT2D eigenvalue weighted by molar-refractivity contribution is 0.0492. The van der Waals surface area contributed by atoms with Gasteiger partial charge in [-0.15, -0.1) is 4.73 Å². The number of nitrogens with zero attached hydrogens (tertiary/aromatic N) is 4. The van der Waals surface area contributed by atoms with Crippen molar-refractivity contribution in [1.82, 2.24) is 24.5 Å². The highest BCUT2D eigenvalue weighted by Gasteiger charge is 2.21. The minimum atomic E-state index is -0.822. The highest BCUT2D eigenvalue weighted by atomic mass is 35.5. The second-order valence-electron chi connectivity index (χ2n) is 6.89. The highest BCUT2D eigenvalue weighted by Crippen LogP contribution is 2.33. The second kappa shape index (κ2) is 8.70. The fraction of sp³-hybridized carbons (Fsp3) is 0.250. The first-order chi connectivity index (χ1) is 14.9. The Bertz CT molecular complexity index is 1300. The third-order valence-corrected chi connectivity index (χ3v) is 5.47. The Morgan fingerprint density at radius 1 is 1.29 bits per heavy atom. The summed E-state index contributed by atoms with van der Waals surface area (Å²) in [5.74, 6) is -0.634. The number of aromatic amines is 1. The van der Waals surface area contributed by atoms with Crippen LogP contribution in [0.15, 0.2) is 41.6 Å². The van der Waals surface area contributed by atoms with Gasteiger partial charge in [-0.1, -0.05) is 23.2 Å². The van der Waals surface area contributed by atoms with Crippen LogP contribution in [0.5, 0.6) is 0 Å². The Hall–Kier alpha value is -2.88. The van der Waals surface area contributed by atoms with Gasteiger partial charge >= 0.3 is 5.69 Å². The standard InChI is InChI=1S/C20H18Cl2FN5O3/c1-11(17-14(21)3-4-15(23)18(17)22)31-28-16-7-12(8-24-19(16)26-20(28)30)13-9-25-27(10-13)5-2-6-29/h3-4,7-11,29H,2,5-6H2,1H3,(H,24,26,30). The van der Waals surface area contributed by atoms with Crippen LogP contribution < -0.4 is 10.5 Å². The zero-order valence-corrected chi connectivity index (χ0v) is 17.9. The fourth-order valence-corrected chi connectivity index (χ4v) is 3.90. The number of aliphatic hydroxyl groups excluding tert-OH is 1. The van der Waals surface area contributed by atoms with E-state index in [0.717, 1.165) is 16.4 Å². The van der Waals surface area contributed by atoms with Crippen molar-refractivity contribution in [2.75, 3.05) is 6.61 Å². The molecule has 162 valence electrons. The molecule has 0 amide bonds. The summed E-state index contributed by atoms with van der Waals surface area (Å²) >= 11 is 12.2. The van der Waals surface area contributed by atoms with Gasteiger partial charge in [0.05, 0.1) is 11.2 Å². The Balaban J connectivity index is 1.70. The van der Waals surface area contributed by atoms with Crippen LogP contribution in [0.4, 0.5) is 4.39 Å². The molecule has 0 fully saturated rings. The largest absolute Gasteiger partial charge is 0.401 e. The third kappa shape index (κ3) is 4.16. The summed E-state index contributed by atoms with van der Waals surface area (Å²) in [7, 11) is 0. The van der Waals surface area contributed by atoms with Gasteiger partial charge in [0.15, 0.2) is 11.8 Å². The predicted molar refractivity (Wildman–Crippen MR) is 115 cm³/mol. The van der Waals surface area contributed by atoms with Gasteiger partial charge in [-0.2, -0.15) is 5.10 Å². The first-order valence-corrected chi connectivity index (χ1v) is 10.2. The van der Waals surface area contributed by atoms with Gasteiger partial charge in [0.2, 0.25) is 0 Å². The Kier molecular flexibility index (Phi) is 5.99. The number of halogens is 3. The monoisotopic (exact) mass is 465 g/mol. The van der Waals surface area contributed by atoms with Crippen molar-refractivity contribution in [1.29, 1.82) is 0 Å². The lowest BCUT2D eigenvalue weighted by atomic mass is 10.1. The average molecular weight is 466 g/mol. The summed E-state index contributed by atoms with van der Waals surface area (Å²) < 4.78 is 16.7. The van der Waals surface area contributed by atoms with Gasteiger partial charge in [-0.3, -0.25) is 9.67 Å². The summed E-state index contributed by atoms with van der Waals surface area (Å²) in [5, 5.41) is 13.3. The van der Waals surface area contributed by atoms with Gasteiger partial charge in [0, 0.05) is 47.3 Å². The zero-order chi connectivity index (χ0) is 22.1. The number of rotatable bonds is 7. The maximum atomic E-state index is 13.9. The van der Waals surface area contributed by atoms with Crippen LogP contribution in [0.1, 0.15) is 25.0 Å². The summed E-state index contributed by atoms with van der Waals surface area (Å²) in [6.07, 6.45) is 4.87. The number of H-pyrrole nitrogens is 1. The molecule has 4 aromatic rings. The molecule has 0 aliphatic heterocycles. The molecule has 1 unspecified atom stereocenters. The number of hydrogen-bond acceptors (Lipinski definition) is 5. The molecule has 0 aliphatic rings. The van der Waals surface area contributed by atoms with Crippen molar-refractivity contribution in [2.45, 2.75) is 26.0 Å². The van der Waals surface area contributed by atoms with Gasteiger partial charge in [-0.25, -0.2) is 14.2 Å². The molecule has 0 bridgehead atoms. The zero-order valence-electron chi connectivity index (χ0n) is 16.3. The van der Waals surface area contributed by atoms with Crippen LogP contribution in [0, 0.1) is 5.82 Å². The average Bonchev–Trinajstić information content (AvgIpc) is 3.34. The van der Waals surface area contributed by atoms with Gasteiger partial charge < -0.3 is 9.94 Å². The van der Waals surface area contributed by atoms with E-state index in [2.05, 4.69) is 15.1 Å². The molecule has 3 heterocycles. The maximum Gasteiger partial charge on any atom is 0.360 e. The van der Waals surface area contributed by atoms with E-state index in [4.69, 9.17) is 33.1 Å². The van der Waals surface area contributed by atoms with E-state index < -0.39 is 17.6 Å². The van der Waals surface area contributed by atoms with Crippen LogP contribution in [-0.4, -0.2) is 36.2 Å². The molecule has 0 radical (unpaired) electrons. The number of aliphatic hydroxyl groups is 1. The van der Waals surface area contributed by atoms with Crippen LogP contribution >= 0.6 is 23.2 Å². The Morgan fingerprint density at radius 3 is 2.87 bits per heavy atom. The van der Waals surface area contributed by atoms with Gasteiger partial charge in [0.1, 0.15) is 11.3 Å². The van der Waals surface area contributed by atoms with E-state index in [1.165, 1.54) is 6.07 Å². The molecule has 11 heteroatoms. The predicted octanol–water partition coefficient (Wildman–Crippen LogP) is 3.61. The van der Waals surface area contributed by atoms with E-state index in [1.807, 2.05) is 6.20 Å². The summed E-state index contributed by atoms with van der Waals surface area (Å²) in [5.41, 5.74) is 1.91. The molecule has 0 saturated carbocycles. The number of benzene rings is 1. The summed E-state index contributed by atoms with van der Waals surface area (Å²) in [6.45, 7) is 2.27. The SMILES string of the molecule is CC(On1c(=O)[nH]c2ncc(-c3cnn(CCCO)c3)cc21)c1c(Cl)ccc(F)c1Cl. The quantitative estimate of drug-likeness (QED) is 0.406. The minimum Gasteiger partial charge on any atom is -0.401 e. The number of pyridine rings is 1. The number of aromatic nitrogens is 5. The van der Waals surface area contributed by atoms with Crippen molar-refractivity contribution >= 4 is 34.4 Å². The number of imidazole rings is 1. The van der Waals surface area contributed by atoms with Crippen molar-refractivity contribution in [3.8, 4) is 11.1 Å². The van der Waals surface area contributed by atoms with Gasteiger partial charge in [0.25, 0.3) is 0 Å². The van der Waals surface area contributed by atoms with E-state index in [0.29, 0.717) is 29.7 Å². The molecule has 0 spiro atoms. The number of fused-ring (bicyclic) bond motifs is 1. The number of nitrogens with one attached hydrogen (secondary N) is 1. The van der Waals surface area contributed by atoms with E-state index in [1.54, 1.807) is 30.1 Å². The van der Waals surface area contributed by atoms with Crippen LogP contribution in [0.2, 0.25) is 10.0 Å². The van der Waals surface area contributed by atoms with E-state index in [-0.39, 0.29) is 22.2 Å². The molecule has 4 rings (SSSR count). The normalized spacial score (nSPS) is 12.4. The van der Waals surface area contributed by atoms with Crippen LogP contribution in [0.25, 0.3) is 22.3 Å². The second-order valence-corrected chi connectivity index (χ2v) is 7.68. The maximum absolute atomic E-state index is 13.9. The molecule has 0 saturated heterocycles. The molecular weight excluding hydrogens is 448 g/mol. The summed E-state index contributed by atoms with van der Waals surface area (Å²) in [6, 6.07) is 4.27. The van der Waals surface area contributed by atoms with Crippen LogP contribution in [0.3, 0.4) is 0 Å². The fourth-order valence-electron chi connectivity index (χ4n) is 3.22. The topological polar surface area (TPSA) is 98.0 Å². The smallest absolute Gasteiger partial charge is 0.360 e. The molecule has 31 heavy (non-hydrogen) atoms. The van der Waals surface area contributed by atoms with Crippen molar-refractivity contribution in [3.05, 3.63) is 68.7 Å².